The Hall–Kier alpha value is -2.27. The second kappa shape index (κ2) is 9.77. The lowest BCUT2D eigenvalue weighted by atomic mass is 10.1. The highest BCUT2D eigenvalue weighted by molar-refractivity contribution is 7.94. The van der Waals surface area contributed by atoms with Crippen molar-refractivity contribution in [1.82, 2.24) is 0 Å². The summed E-state index contributed by atoms with van der Waals surface area (Å²) >= 11 is 19.1. The van der Waals surface area contributed by atoms with Crippen molar-refractivity contribution in [2.24, 2.45) is 0 Å². The minimum absolute atomic E-state index is 0.0247. The monoisotopic (exact) mass is 572 g/mol. The second-order valence-electron chi connectivity index (χ2n) is 6.99. The highest BCUT2D eigenvalue weighted by Crippen LogP contribution is 2.36. The molecular weight excluding hydrogens is 559 g/mol. The quantitative estimate of drug-likeness (QED) is 0.250. The lowest BCUT2D eigenvalue weighted by Gasteiger charge is -2.15. The van der Waals surface area contributed by atoms with Crippen LogP contribution in [0, 0.1) is 0 Å². The number of rotatable bonds is 7. The average molecular weight is 574 g/mol. The topological polar surface area (TPSA) is 92.3 Å². The van der Waals surface area contributed by atoms with E-state index in [0.717, 1.165) is 22.5 Å². The molecule has 4 aromatic rings. The van der Waals surface area contributed by atoms with Crippen molar-refractivity contribution in [3.63, 3.8) is 0 Å². The number of hydrogen-bond acceptors (Lipinski definition) is 5. The molecule has 12 heteroatoms. The first-order valence-electron chi connectivity index (χ1n) is 9.49. The Kier molecular flexibility index (Phi) is 7.14. The summed E-state index contributed by atoms with van der Waals surface area (Å²) in [6, 6.07) is 18.9. The highest BCUT2D eigenvalue weighted by Gasteiger charge is 2.22. The molecule has 3 aromatic carbocycles. The van der Waals surface area contributed by atoms with Crippen LogP contribution in [0.1, 0.15) is 0 Å². The van der Waals surface area contributed by atoms with Crippen LogP contribution in [0.5, 0.6) is 0 Å². The van der Waals surface area contributed by atoms with Crippen LogP contribution in [0.3, 0.4) is 0 Å². The lowest BCUT2D eigenvalue weighted by molar-refractivity contribution is 0.599. The maximum absolute atomic E-state index is 13.1. The van der Waals surface area contributed by atoms with Crippen molar-refractivity contribution in [3.8, 4) is 11.1 Å². The molecule has 6 nitrogen and oxygen atoms in total. The molecule has 176 valence electrons. The van der Waals surface area contributed by atoms with E-state index in [1.807, 2.05) is 12.1 Å². The fourth-order valence-electron chi connectivity index (χ4n) is 3.00. The fraction of sp³-hybridized carbons (Fsp3) is 0. The summed E-state index contributed by atoms with van der Waals surface area (Å²) < 4.78 is 56.3. The number of halogens is 3. The Morgan fingerprint density at radius 2 is 1.15 bits per heavy atom. The van der Waals surface area contributed by atoms with Gasteiger partial charge in [0.25, 0.3) is 20.0 Å². The van der Waals surface area contributed by atoms with Gasteiger partial charge in [0, 0.05) is 5.02 Å². The summed E-state index contributed by atoms with van der Waals surface area (Å²) in [5, 5.41) is 2.32. The molecule has 0 aliphatic carbocycles. The van der Waals surface area contributed by atoms with Gasteiger partial charge in [0.1, 0.15) is 4.21 Å². The molecule has 34 heavy (non-hydrogen) atoms. The SMILES string of the molecule is O=S(=O)(Nc1cc(Cl)c(Cl)cc1NS(=O)(=O)c1cccs1)c1ccc(-c2ccc(Cl)cc2)cc1. The maximum Gasteiger partial charge on any atom is 0.271 e. The molecule has 1 heterocycles. The van der Waals surface area contributed by atoms with Gasteiger partial charge in [-0.25, -0.2) is 16.8 Å². The molecule has 2 N–H and O–H groups in total. The first-order chi connectivity index (χ1) is 16.0. The molecule has 0 radical (unpaired) electrons. The minimum atomic E-state index is -4.09. The summed E-state index contributed by atoms with van der Waals surface area (Å²) in [6.07, 6.45) is 0. The second-order valence-corrected chi connectivity index (χ2v) is 12.8. The average Bonchev–Trinajstić information content (AvgIpc) is 3.34. The third-order valence-corrected chi connectivity index (χ3v) is 9.77. The molecule has 4 rings (SSSR count). The normalized spacial score (nSPS) is 11.9. The van der Waals surface area contributed by atoms with E-state index in [-0.39, 0.29) is 30.5 Å². The molecule has 0 saturated heterocycles. The molecule has 0 spiro atoms. The van der Waals surface area contributed by atoms with E-state index < -0.39 is 20.0 Å². The molecule has 0 aliphatic rings. The Labute approximate surface area is 216 Å². The van der Waals surface area contributed by atoms with E-state index in [1.165, 1.54) is 30.3 Å². The van der Waals surface area contributed by atoms with Gasteiger partial charge >= 0.3 is 0 Å². The third kappa shape index (κ3) is 5.51. The molecule has 0 bridgehead atoms. The van der Waals surface area contributed by atoms with Crippen molar-refractivity contribution >= 4 is 77.6 Å². The number of anilines is 2. The Morgan fingerprint density at radius 1 is 0.647 bits per heavy atom. The van der Waals surface area contributed by atoms with Crippen molar-refractivity contribution < 1.29 is 16.8 Å². The summed E-state index contributed by atoms with van der Waals surface area (Å²) in [4.78, 5) is -0.0247. The van der Waals surface area contributed by atoms with Gasteiger partial charge < -0.3 is 0 Å². The predicted molar refractivity (Wildman–Crippen MR) is 139 cm³/mol. The summed E-state index contributed by atoms with van der Waals surface area (Å²) in [5.74, 6) is 0. The standard InChI is InChI=1S/C22H15Cl3N2O4S3/c23-16-7-3-14(4-8-16)15-5-9-17(10-6-15)33(28,29)26-20-12-18(24)19(25)13-21(20)27-34(30,31)22-2-1-11-32-22/h1-13,26-27H. The van der Waals surface area contributed by atoms with Gasteiger partial charge in [-0.3, -0.25) is 9.44 Å². The van der Waals surface area contributed by atoms with E-state index in [1.54, 1.807) is 35.7 Å². The van der Waals surface area contributed by atoms with Crippen LogP contribution in [0.25, 0.3) is 11.1 Å². The van der Waals surface area contributed by atoms with Crippen LogP contribution >= 0.6 is 46.1 Å². The first-order valence-corrected chi connectivity index (χ1v) is 14.5. The zero-order chi connectivity index (χ0) is 24.5. The highest BCUT2D eigenvalue weighted by atomic mass is 35.5. The number of benzene rings is 3. The first kappa shape index (κ1) is 24.8. The summed E-state index contributed by atoms with van der Waals surface area (Å²) in [5.41, 5.74) is 1.53. The molecule has 0 amide bonds. The van der Waals surface area contributed by atoms with Gasteiger partial charge in [-0.2, -0.15) is 0 Å². The van der Waals surface area contributed by atoms with Gasteiger partial charge in [-0.1, -0.05) is 65.1 Å². The van der Waals surface area contributed by atoms with Gasteiger partial charge in [-0.05, 0) is 59.0 Å². The van der Waals surface area contributed by atoms with Gasteiger partial charge in [0.15, 0.2) is 0 Å². The number of thiophene rings is 1. The molecule has 0 fully saturated rings. The molecular formula is C22H15Cl3N2O4S3. The van der Waals surface area contributed by atoms with Crippen LogP contribution in [0.2, 0.25) is 15.1 Å². The third-order valence-electron chi connectivity index (χ3n) is 4.65. The van der Waals surface area contributed by atoms with Crippen LogP contribution in [-0.2, 0) is 20.0 Å². The largest absolute Gasteiger partial charge is 0.277 e. The Bertz CT molecular complexity index is 1540. The Balaban J connectivity index is 1.65. The predicted octanol–water partition coefficient (Wildman–Crippen LogP) is 6.98. The van der Waals surface area contributed by atoms with Crippen molar-refractivity contribution in [1.29, 1.82) is 0 Å². The van der Waals surface area contributed by atoms with E-state index in [0.29, 0.717) is 5.02 Å². The molecule has 0 aliphatic heterocycles. The zero-order valence-corrected chi connectivity index (χ0v) is 21.7. The van der Waals surface area contributed by atoms with Gasteiger partial charge in [0.05, 0.1) is 26.3 Å². The summed E-state index contributed by atoms with van der Waals surface area (Å²) in [7, 11) is -8.04. The van der Waals surface area contributed by atoms with Crippen molar-refractivity contribution in [2.75, 3.05) is 9.44 Å². The van der Waals surface area contributed by atoms with Crippen LogP contribution in [-0.4, -0.2) is 16.8 Å². The van der Waals surface area contributed by atoms with Crippen LogP contribution in [0.15, 0.2) is 87.3 Å². The van der Waals surface area contributed by atoms with Gasteiger partial charge in [0.2, 0.25) is 0 Å². The minimum Gasteiger partial charge on any atom is -0.277 e. The van der Waals surface area contributed by atoms with E-state index in [2.05, 4.69) is 9.44 Å². The molecule has 0 atom stereocenters. The lowest BCUT2D eigenvalue weighted by Crippen LogP contribution is -2.17. The van der Waals surface area contributed by atoms with E-state index in [4.69, 9.17) is 34.8 Å². The van der Waals surface area contributed by atoms with E-state index in [9.17, 15) is 16.8 Å². The summed E-state index contributed by atoms with van der Waals surface area (Å²) in [6.45, 7) is 0. The molecule has 0 saturated carbocycles. The smallest absolute Gasteiger partial charge is 0.271 e. The zero-order valence-electron chi connectivity index (χ0n) is 17.0. The fourth-order valence-corrected chi connectivity index (χ4v) is 6.59. The Morgan fingerprint density at radius 3 is 1.65 bits per heavy atom. The number of hydrogen-bond donors (Lipinski definition) is 2. The number of nitrogens with one attached hydrogen (secondary N) is 2. The molecule has 1 aromatic heterocycles. The van der Waals surface area contributed by atoms with Crippen LogP contribution in [0.4, 0.5) is 11.4 Å². The maximum atomic E-state index is 13.1. The van der Waals surface area contributed by atoms with E-state index >= 15 is 0 Å². The van der Waals surface area contributed by atoms with Gasteiger partial charge in [-0.15, -0.1) is 11.3 Å². The number of sulfonamides is 2. The molecule has 0 unspecified atom stereocenters. The van der Waals surface area contributed by atoms with Crippen molar-refractivity contribution in [2.45, 2.75) is 9.10 Å². The van der Waals surface area contributed by atoms with Crippen LogP contribution < -0.4 is 9.44 Å². The van der Waals surface area contributed by atoms with Crippen molar-refractivity contribution in [3.05, 3.63) is 93.2 Å².